The van der Waals surface area contributed by atoms with E-state index >= 15 is 0 Å². The molecule has 3 aromatic rings. The Morgan fingerprint density at radius 1 is 1.20 bits per heavy atom. The van der Waals surface area contributed by atoms with Gasteiger partial charge in [0.2, 0.25) is 5.88 Å². The lowest BCUT2D eigenvalue weighted by Gasteiger charge is -2.13. The summed E-state index contributed by atoms with van der Waals surface area (Å²) in [6.45, 7) is 4.57. The Labute approximate surface area is 121 Å². The van der Waals surface area contributed by atoms with E-state index in [0.717, 1.165) is 32.7 Å². The molecule has 2 heterocycles. The highest BCUT2D eigenvalue weighted by Gasteiger charge is 2.11. The summed E-state index contributed by atoms with van der Waals surface area (Å²) >= 11 is 1.58. The van der Waals surface area contributed by atoms with Crippen LogP contribution in [0.3, 0.4) is 0 Å². The molecule has 4 nitrogen and oxygen atoms in total. The maximum atomic E-state index is 6.03. The molecule has 1 aromatic carbocycles. The minimum Gasteiger partial charge on any atom is -0.438 e. The molecular weight excluding hydrogens is 270 g/mol. The number of fused-ring (bicyclic) bond motifs is 1. The fourth-order valence-corrected chi connectivity index (χ4v) is 2.99. The number of thiophene rings is 1. The minimum absolute atomic E-state index is 0.532. The molecule has 0 bridgehead atoms. The lowest BCUT2D eigenvalue weighted by Crippen LogP contribution is -2.00. The summed E-state index contributed by atoms with van der Waals surface area (Å²) < 4.78 is 6.03. The zero-order valence-corrected chi connectivity index (χ0v) is 12.2. The van der Waals surface area contributed by atoms with Gasteiger partial charge < -0.3 is 10.5 Å². The van der Waals surface area contributed by atoms with E-state index in [1.807, 2.05) is 37.4 Å². The van der Waals surface area contributed by atoms with Gasteiger partial charge in [-0.1, -0.05) is 12.1 Å². The molecule has 2 N–H and O–H groups in total. The molecule has 0 spiro atoms. The van der Waals surface area contributed by atoms with Gasteiger partial charge >= 0.3 is 0 Å². The molecule has 2 aromatic heterocycles. The summed E-state index contributed by atoms with van der Waals surface area (Å²) in [6, 6.07) is 6.08. The lowest BCUT2D eigenvalue weighted by atomic mass is 10.1. The molecule has 0 atom stereocenters. The Morgan fingerprint density at radius 3 is 2.65 bits per heavy atom. The van der Waals surface area contributed by atoms with Gasteiger partial charge in [-0.3, -0.25) is 0 Å². The molecule has 0 unspecified atom stereocenters. The molecule has 3 rings (SSSR count). The number of nitrogens with two attached hydrogens (primary N) is 1. The number of benzene rings is 1. The smallest absolute Gasteiger partial charge is 0.231 e. The Kier molecular flexibility index (Phi) is 3.38. The van der Waals surface area contributed by atoms with Gasteiger partial charge in [0.25, 0.3) is 0 Å². The van der Waals surface area contributed by atoms with Crippen molar-refractivity contribution in [2.24, 2.45) is 5.73 Å². The van der Waals surface area contributed by atoms with Crippen molar-refractivity contribution < 1.29 is 4.74 Å². The third-order valence-electron chi connectivity index (χ3n) is 3.18. The van der Waals surface area contributed by atoms with Crippen molar-refractivity contribution in [1.82, 2.24) is 9.97 Å². The first-order valence-electron chi connectivity index (χ1n) is 6.35. The van der Waals surface area contributed by atoms with Gasteiger partial charge in [0, 0.05) is 6.54 Å². The van der Waals surface area contributed by atoms with Crippen molar-refractivity contribution in [3.05, 3.63) is 46.6 Å². The Morgan fingerprint density at radius 2 is 1.95 bits per heavy atom. The van der Waals surface area contributed by atoms with Crippen LogP contribution in [-0.4, -0.2) is 9.97 Å². The second-order valence-electron chi connectivity index (χ2n) is 4.68. The average Bonchev–Trinajstić information content (AvgIpc) is 2.91. The molecule has 0 aliphatic heterocycles. The number of rotatable bonds is 3. The zero-order valence-electron chi connectivity index (χ0n) is 11.4. The molecule has 102 valence electrons. The van der Waals surface area contributed by atoms with E-state index in [4.69, 9.17) is 10.5 Å². The third kappa shape index (κ3) is 2.26. The average molecular weight is 285 g/mol. The van der Waals surface area contributed by atoms with Crippen LogP contribution in [0.4, 0.5) is 0 Å². The van der Waals surface area contributed by atoms with Crippen LogP contribution < -0.4 is 10.5 Å². The fraction of sp³-hybridized carbons (Fsp3) is 0.200. The number of aryl methyl sites for hydroxylation is 2. The molecule has 0 amide bonds. The van der Waals surface area contributed by atoms with Gasteiger partial charge in [0.05, 0.1) is 5.39 Å². The van der Waals surface area contributed by atoms with E-state index in [-0.39, 0.29) is 0 Å². The second kappa shape index (κ2) is 5.19. The SMILES string of the molecule is Cc1cc(CN)cc(C)c1Oc1ncnc2sccc12. The van der Waals surface area contributed by atoms with Gasteiger partial charge in [0.1, 0.15) is 16.9 Å². The largest absolute Gasteiger partial charge is 0.438 e. The second-order valence-corrected chi connectivity index (χ2v) is 5.58. The van der Waals surface area contributed by atoms with Gasteiger partial charge in [-0.25, -0.2) is 9.97 Å². The molecule has 0 aliphatic carbocycles. The Hall–Kier alpha value is -1.98. The molecule has 20 heavy (non-hydrogen) atoms. The van der Waals surface area contributed by atoms with Gasteiger partial charge in [0.15, 0.2) is 0 Å². The quantitative estimate of drug-likeness (QED) is 0.799. The molecule has 0 saturated carbocycles. The van der Waals surface area contributed by atoms with Crippen molar-refractivity contribution in [1.29, 1.82) is 0 Å². The molecule has 0 aliphatic rings. The van der Waals surface area contributed by atoms with Gasteiger partial charge in [-0.15, -0.1) is 11.3 Å². The molecule has 0 radical (unpaired) electrons. The summed E-state index contributed by atoms with van der Waals surface area (Å²) in [4.78, 5) is 9.41. The number of nitrogens with zero attached hydrogens (tertiary/aromatic N) is 2. The zero-order chi connectivity index (χ0) is 14.1. The Balaban J connectivity index is 2.05. The van der Waals surface area contributed by atoms with E-state index < -0.39 is 0 Å². The van der Waals surface area contributed by atoms with Crippen molar-refractivity contribution in [2.45, 2.75) is 20.4 Å². The first-order valence-corrected chi connectivity index (χ1v) is 7.23. The maximum absolute atomic E-state index is 6.03. The normalized spacial score (nSPS) is 10.9. The fourth-order valence-electron chi connectivity index (χ4n) is 2.26. The van der Waals surface area contributed by atoms with Crippen LogP contribution in [0.25, 0.3) is 10.2 Å². The lowest BCUT2D eigenvalue weighted by molar-refractivity contribution is 0.461. The van der Waals surface area contributed by atoms with Gasteiger partial charge in [-0.05, 0) is 42.0 Å². The first-order chi connectivity index (χ1) is 9.69. The van der Waals surface area contributed by atoms with Crippen LogP contribution in [0.15, 0.2) is 29.9 Å². The van der Waals surface area contributed by atoms with Crippen molar-refractivity contribution in [2.75, 3.05) is 0 Å². The highest BCUT2D eigenvalue weighted by Crippen LogP contribution is 2.33. The summed E-state index contributed by atoms with van der Waals surface area (Å²) in [6.07, 6.45) is 1.53. The van der Waals surface area contributed by atoms with Crippen LogP contribution in [0.2, 0.25) is 0 Å². The van der Waals surface area contributed by atoms with Crippen molar-refractivity contribution in [3.8, 4) is 11.6 Å². The molecule has 5 heteroatoms. The van der Waals surface area contributed by atoms with E-state index in [9.17, 15) is 0 Å². The predicted molar refractivity (Wildman–Crippen MR) is 81.3 cm³/mol. The van der Waals surface area contributed by atoms with Crippen LogP contribution in [0.5, 0.6) is 11.6 Å². The molecule has 0 saturated heterocycles. The molecular formula is C15H15N3OS. The maximum Gasteiger partial charge on any atom is 0.231 e. The van der Waals surface area contributed by atoms with Crippen LogP contribution in [0.1, 0.15) is 16.7 Å². The highest BCUT2D eigenvalue weighted by molar-refractivity contribution is 7.16. The summed E-state index contributed by atoms with van der Waals surface area (Å²) in [5, 5.41) is 2.93. The monoisotopic (exact) mass is 285 g/mol. The predicted octanol–water partition coefficient (Wildman–Crippen LogP) is 3.56. The number of aromatic nitrogens is 2. The summed E-state index contributed by atoms with van der Waals surface area (Å²) in [5.74, 6) is 1.44. The van der Waals surface area contributed by atoms with E-state index in [0.29, 0.717) is 12.4 Å². The van der Waals surface area contributed by atoms with Crippen LogP contribution in [-0.2, 0) is 6.54 Å². The summed E-state index contributed by atoms with van der Waals surface area (Å²) in [5.41, 5.74) is 8.92. The first kappa shape index (κ1) is 13.0. The Bertz CT molecular complexity index is 744. The molecule has 0 fully saturated rings. The van der Waals surface area contributed by atoms with Crippen LogP contribution >= 0.6 is 11.3 Å². The van der Waals surface area contributed by atoms with E-state index in [2.05, 4.69) is 9.97 Å². The third-order valence-corrected chi connectivity index (χ3v) is 4.00. The van der Waals surface area contributed by atoms with Crippen molar-refractivity contribution in [3.63, 3.8) is 0 Å². The number of hydrogen-bond donors (Lipinski definition) is 1. The van der Waals surface area contributed by atoms with E-state index in [1.54, 1.807) is 11.3 Å². The standard InChI is InChI=1S/C15H15N3OS/c1-9-5-11(7-16)6-10(2)13(9)19-14-12-3-4-20-15(12)18-8-17-14/h3-6,8H,7,16H2,1-2H3. The van der Waals surface area contributed by atoms with Gasteiger partial charge in [-0.2, -0.15) is 0 Å². The van der Waals surface area contributed by atoms with Crippen LogP contribution in [0, 0.1) is 13.8 Å². The topological polar surface area (TPSA) is 61.0 Å². The number of hydrogen-bond acceptors (Lipinski definition) is 5. The highest BCUT2D eigenvalue weighted by atomic mass is 32.1. The minimum atomic E-state index is 0.532. The summed E-state index contributed by atoms with van der Waals surface area (Å²) in [7, 11) is 0. The van der Waals surface area contributed by atoms with E-state index in [1.165, 1.54) is 6.33 Å². The number of ether oxygens (including phenoxy) is 1. The van der Waals surface area contributed by atoms with Crippen molar-refractivity contribution >= 4 is 21.6 Å².